The van der Waals surface area contributed by atoms with Crippen molar-refractivity contribution < 1.29 is 27.1 Å². The van der Waals surface area contributed by atoms with Crippen LogP contribution in [0.2, 0.25) is 0 Å². The highest BCUT2D eigenvalue weighted by Crippen LogP contribution is 2.40. The van der Waals surface area contributed by atoms with Crippen molar-refractivity contribution in [2.45, 2.75) is 57.4 Å². The van der Waals surface area contributed by atoms with E-state index in [1.165, 1.54) is 11.8 Å². The van der Waals surface area contributed by atoms with Crippen molar-refractivity contribution in [3.8, 4) is 12.1 Å². The number of carbonyl (C=O) groups is 1. The second kappa shape index (κ2) is 11.7. The number of alkyl halides is 3. The highest BCUT2D eigenvalue weighted by molar-refractivity contribution is 5.74. The highest BCUT2D eigenvalue weighted by Gasteiger charge is 2.38. The minimum absolute atomic E-state index is 0.0520. The first-order valence-electron chi connectivity index (χ1n) is 13.8. The summed E-state index contributed by atoms with van der Waals surface area (Å²) in [7, 11) is 2.02. The van der Waals surface area contributed by atoms with Gasteiger partial charge in [0.05, 0.1) is 42.0 Å². The van der Waals surface area contributed by atoms with Crippen LogP contribution in [0, 0.1) is 17.1 Å². The van der Waals surface area contributed by atoms with Crippen molar-refractivity contribution in [3.05, 3.63) is 40.8 Å². The predicted octanol–water partition coefficient (Wildman–Crippen LogP) is 3.62. The molecule has 0 aliphatic carbocycles. The van der Waals surface area contributed by atoms with E-state index in [1.54, 1.807) is 4.90 Å². The van der Waals surface area contributed by atoms with Gasteiger partial charge in [0.2, 0.25) is 5.91 Å². The Bertz CT molecular complexity index is 1330. The number of amides is 1. The lowest BCUT2D eigenvalue weighted by atomic mass is 10.0. The van der Waals surface area contributed by atoms with Crippen molar-refractivity contribution >= 4 is 17.4 Å². The number of anilines is 2. The molecule has 5 rings (SSSR count). The second-order valence-corrected chi connectivity index (χ2v) is 10.8. The summed E-state index contributed by atoms with van der Waals surface area (Å²) < 4.78 is 62.4. The number of nitriles is 1. The van der Waals surface area contributed by atoms with Crippen LogP contribution in [0.3, 0.4) is 0 Å². The summed E-state index contributed by atoms with van der Waals surface area (Å²) in [4.78, 5) is 28.8. The largest absolute Gasteiger partial charge is 0.462 e. The zero-order valence-corrected chi connectivity index (χ0v) is 23.1. The van der Waals surface area contributed by atoms with Gasteiger partial charge in [-0.2, -0.15) is 28.4 Å². The van der Waals surface area contributed by atoms with Gasteiger partial charge in [0.1, 0.15) is 18.2 Å². The Kier molecular flexibility index (Phi) is 8.22. The highest BCUT2D eigenvalue weighted by atomic mass is 19.4. The number of halogens is 4. The Labute approximate surface area is 236 Å². The Morgan fingerprint density at radius 2 is 1.95 bits per heavy atom. The van der Waals surface area contributed by atoms with Crippen LogP contribution in [-0.2, 0) is 23.9 Å². The van der Waals surface area contributed by atoms with E-state index in [0.29, 0.717) is 37.8 Å². The summed E-state index contributed by atoms with van der Waals surface area (Å²) in [6.45, 7) is 4.12. The van der Waals surface area contributed by atoms with Gasteiger partial charge in [0, 0.05) is 44.7 Å². The minimum Gasteiger partial charge on any atom is -0.462 e. The average Bonchev–Trinajstić information content (AvgIpc) is 3.35. The number of hydrogen-bond acceptors (Lipinski definition) is 8. The van der Waals surface area contributed by atoms with Gasteiger partial charge in [-0.05, 0) is 45.0 Å². The van der Waals surface area contributed by atoms with E-state index in [9.17, 15) is 27.6 Å². The van der Waals surface area contributed by atoms with Crippen molar-refractivity contribution in [1.29, 1.82) is 5.26 Å². The zero-order valence-electron chi connectivity index (χ0n) is 23.1. The van der Waals surface area contributed by atoms with Gasteiger partial charge in [-0.15, -0.1) is 0 Å². The fraction of sp³-hybridized carbons (Fsp3) is 0.571. The van der Waals surface area contributed by atoms with E-state index in [0.717, 1.165) is 43.1 Å². The minimum atomic E-state index is -4.72. The Morgan fingerprint density at radius 1 is 1.15 bits per heavy atom. The molecule has 9 nitrogen and oxygen atoms in total. The maximum absolute atomic E-state index is 14.9. The number of likely N-dealkylation sites (tertiary alicyclic amines) is 1. The summed E-state index contributed by atoms with van der Waals surface area (Å²) in [5.41, 5.74) is -0.303. The molecule has 2 aromatic rings. The lowest BCUT2D eigenvalue weighted by Crippen LogP contribution is -2.55. The number of fused-ring (bicyclic) bond motifs is 1. The molecule has 0 radical (unpaired) electrons. The van der Waals surface area contributed by atoms with E-state index in [1.807, 2.05) is 11.9 Å². The Morgan fingerprint density at radius 3 is 2.63 bits per heavy atom. The van der Waals surface area contributed by atoms with Crippen LogP contribution in [0.25, 0.3) is 0 Å². The third kappa shape index (κ3) is 6.02. The lowest BCUT2D eigenvalue weighted by molar-refractivity contribution is -0.137. The average molecular weight is 576 g/mol. The predicted molar refractivity (Wildman–Crippen MR) is 143 cm³/mol. The molecule has 0 bridgehead atoms. The molecule has 2 atom stereocenters. The standard InChI is InChI=1S/C28H33F4N7O2/c1-18(40)39-14-13-38(15-19(39)8-10-33)26-21-9-12-37(25-22(28(30,31)32)6-3-7-23(25)29)16-24(21)34-27(35-26)41-17-20-5-4-11-36(20)2/h3,6-7,19-20H,4-5,8-9,11-17H2,1-2H3/t19?,20-/m0/s1. The van der Waals surface area contributed by atoms with Crippen LogP contribution in [0.1, 0.15) is 43.0 Å². The summed E-state index contributed by atoms with van der Waals surface area (Å²) >= 11 is 0. The van der Waals surface area contributed by atoms with Gasteiger partial charge < -0.3 is 24.3 Å². The van der Waals surface area contributed by atoms with Crippen LogP contribution < -0.4 is 14.5 Å². The number of hydrogen-bond donors (Lipinski definition) is 0. The molecule has 3 aliphatic heterocycles. The first kappa shape index (κ1) is 28.9. The van der Waals surface area contributed by atoms with Crippen molar-refractivity contribution in [1.82, 2.24) is 19.8 Å². The molecule has 3 aliphatic rings. The number of benzene rings is 1. The van der Waals surface area contributed by atoms with Gasteiger partial charge in [-0.3, -0.25) is 4.79 Å². The maximum Gasteiger partial charge on any atom is 0.418 e. The molecular formula is C28H33F4N7O2. The van der Waals surface area contributed by atoms with E-state index in [-0.39, 0.29) is 49.9 Å². The van der Waals surface area contributed by atoms with Crippen molar-refractivity contribution in [2.75, 3.05) is 56.2 Å². The van der Waals surface area contributed by atoms with Crippen LogP contribution in [-0.4, -0.2) is 84.1 Å². The number of nitrogens with zero attached hydrogens (tertiary/aromatic N) is 7. The molecule has 0 N–H and O–H groups in total. The molecule has 41 heavy (non-hydrogen) atoms. The topological polar surface area (TPSA) is 88.8 Å². The molecule has 2 fully saturated rings. The molecular weight excluding hydrogens is 542 g/mol. The Balaban J connectivity index is 1.49. The number of carbonyl (C=O) groups excluding carboxylic acids is 1. The molecule has 4 heterocycles. The molecule has 220 valence electrons. The van der Waals surface area contributed by atoms with Gasteiger partial charge in [0.15, 0.2) is 0 Å². The number of rotatable bonds is 6. The molecule has 1 aromatic heterocycles. The van der Waals surface area contributed by atoms with E-state index >= 15 is 0 Å². The van der Waals surface area contributed by atoms with E-state index in [2.05, 4.69) is 16.0 Å². The number of likely N-dealkylation sites (N-methyl/N-ethyl adjacent to an activating group) is 1. The molecule has 0 spiro atoms. The molecule has 13 heteroatoms. The zero-order chi connectivity index (χ0) is 29.3. The van der Waals surface area contributed by atoms with E-state index < -0.39 is 23.2 Å². The number of aromatic nitrogens is 2. The molecule has 1 aromatic carbocycles. The third-order valence-electron chi connectivity index (χ3n) is 8.22. The first-order valence-corrected chi connectivity index (χ1v) is 13.8. The number of ether oxygens (including phenoxy) is 1. The van der Waals surface area contributed by atoms with Crippen LogP contribution in [0.4, 0.5) is 29.1 Å². The van der Waals surface area contributed by atoms with Crippen molar-refractivity contribution in [2.24, 2.45) is 0 Å². The van der Waals surface area contributed by atoms with Gasteiger partial charge in [-0.1, -0.05) is 6.07 Å². The van der Waals surface area contributed by atoms with Gasteiger partial charge >= 0.3 is 12.2 Å². The summed E-state index contributed by atoms with van der Waals surface area (Å²) in [6, 6.07) is 5.10. The number of piperazine rings is 1. The van der Waals surface area contributed by atoms with E-state index in [4.69, 9.17) is 9.72 Å². The normalized spacial score (nSPS) is 21.5. The first-order chi connectivity index (χ1) is 19.6. The maximum atomic E-state index is 14.9. The van der Waals surface area contributed by atoms with Crippen LogP contribution in [0.15, 0.2) is 18.2 Å². The van der Waals surface area contributed by atoms with Gasteiger partial charge in [-0.25, -0.2) is 4.39 Å². The molecule has 1 amide bonds. The third-order valence-corrected chi connectivity index (χ3v) is 8.22. The van der Waals surface area contributed by atoms with Crippen LogP contribution >= 0.6 is 0 Å². The smallest absolute Gasteiger partial charge is 0.418 e. The van der Waals surface area contributed by atoms with Crippen LogP contribution in [0.5, 0.6) is 6.01 Å². The molecule has 0 saturated carbocycles. The fourth-order valence-corrected chi connectivity index (χ4v) is 6.07. The second-order valence-electron chi connectivity index (χ2n) is 10.8. The van der Waals surface area contributed by atoms with Crippen molar-refractivity contribution in [3.63, 3.8) is 0 Å². The fourth-order valence-electron chi connectivity index (χ4n) is 6.07. The summed E-state index contributed by atoms with van der Waals surface area (Å²) in [5.74, 6) is -0.474. The summed E-state index contributed by atoms with van der Waals surface area (Å²) in [5, 5.41) is 9.37. The number of para-hydroxylation sites is 1. The monoisotopic (exact) mass is 575 g/mol. The molecule has 2 saturated heterocycles. The Hall–Kier alpha value is -3.66. The molecule has 1 unspecified atom stereocenters. The summed E-state index contributed by atoms with van der Waals surface area (Å²) in [6.07, 6.45) is -2.25. The lowest BCUT2D eigenvalue weighted by Gasteiger charge is -2.42. The SMILES string of the molecule is CC(=O)N1CCN(c2nc(OC[C@@H]3CCCN3C)nc3c2CCN(c2c(F)cccc2C(F)(F)F)C3)CC1CC#N. The van der Waals surface area contributed by atoms with Gasteiger partial charge in [0.25, 0.3) is 0 Å². The quantitative estimate of drug-likeness (QED) is 0.483.